The van der Waals surface area contributed by atoms with Crippen LogP contribution in [-0.2, 0) is 15.4 Å². The summed E-state index contributed by atoms with van der Waals surface area (Å²) in [6.45, 7) is 0. The van der Waals surface area contributed by atoms with Crippen LogP contribution in [0.15, 0.2) is 18.3 Å². The van der Waals surface area contributed by atoms with Crippen molar-refractivity contribution in [1.82, 2.24) is 4.98 Å². The van der Waals surface area contributed by atoms with Gasteiger partial charge in [-0.3, -0.25) is 4.98 Å². The Morgan fingerprint density at radius 3 is 2.60 bits per heavy atom. The second-order valence-corrected chi connectivity index (χ2v) is 8.23. The maximum atomic E-state index is 12.3. The highest BCUT2D eigenvalue weighted by atomic mass is 32.2. The second-order valence-electron chi connectivity index (χ2n) is 5.72. The van der Waals surface area contributed by atoms with Gasteiger partial charge in [-0.2, -0.15) is 5.26 Å². The standard InChI is InChI=1S/C14H16N2O3S/c15-9-10-3-2-6-16-13(10)14(17)7-11-4-1-5-12(8-14)20(11,18)19/h2-3,6,11-12,17H,1,4-5,7-8H2. The summed E-state index contributed by atoms with van der Waals surface area (Å²) in [7, 11) is -3.13. The lowest BCUT2D eigenvalue weighted by atomic mass is 9.81. The Hall–Kier alpha value is -1.45. The molecule has 2 unspecified atom stereocenters. The van der Waals surface area contributed by atoms with E-state index in [2.05, 4.69) is 4.98 Å². The number of sulfone groups is 1. The summed E-state index contributed by atoms with van der Waals surface area (Å²) in [6.07, 6.45) is 3.91. The molecule has 1 aromatic rings. The van der Waals surface area contributed by atoms with Gasteiger partial charge in [-0.25, -0.2) is 8.42 Å². The Morgan fingerprint density at radius 1 is 1.35 bits per heavy atom. The van der Waals surface area contributed by atoms with Crippen molar-refractivity contribution in [2.45, 2.75) is 48.2 Å². The molecule has 0 amide bonds. The minimum Gasteiger partial charge on any atom is -0.383 e. The molecule has 2 fully saturated rings. The SMILES string of the molecule is N#Cc1cccnc1C1(O)CC2CCCC(C1)S2(=O)=O. The largest absolute Gasteiger partial charge is 0.383 e. The van der Waals surface area contributed by atoms with Gasteiger partial charge in [0.2, 0.25) is 0 Å². The third-order valence-corrected chi connectivity index (χ3v) is 7.14. The molecule has 1 N–H and O–H groups in total. The number of rotatable bonds is 1. The van der Waals surface area contributed by atoms with E-state index in [0.717, 1.165) is 6.42 Å². The highest BCUT2D eigenvalue weighted by Crippen LogP contribution is 2.46. The Kier molecular flexibility index (Phi) is 3.07. The third-order valence-electron chi connectivity index (χ3n) is 4.48. The molecule has 1 aromatic heterocycles. The number of hydrogen-bond donors (Lipinski definition) is 1. The van der Waals surface area contributed by atoms with E-state index in [1.165, 1.54) is 6.20 Å². The first-order valence-electron chi connectivity index (χ1n) is 6.78. The normalized spacial score (nSPS) is 35.2. The van der Waals surface area contributed by atoms with Crippen molar-refractivity contribution >= 4 is 9.84 Å². The van der Waals surface area contributed by atoms with E-state index in [0.29, 0.717) is 24.1 Å². The Morgan fingerprint density at radius 2 is 2.00 bits per heavy atom. The van der Waals surface area contributed by atoms with Crippen molar-refractivity contribution in [1.29, 1.82) is 5.26 Å². The maximum absolute atomic E-state index is 12.3. The summed E-state index contributed by atoms with van der Waals surface area (Å²) in [5, 5.41) is 19.1. The Labute approximate surface area is 118 Å². The number of pyridine rings is 1. The molecule has 2 atom stereocenters. The summed E-state index contributed by atoms with van der Waals surface area (Å²) in [5.41, 5.74) is -0.644. The van der Waals surface area contributed by atoms with Gasteiger partial charge in [-0.15, -0.1) is 0 Å². The summed E-state index contributed by atoms with van der Waals surface area (Å²) in [6, 6.07) is 5.29. The summed E-state index contributed by atoms with van der Waals surface area (Å²) in [5.74, 6) is 0. The average molecular weight is 292 g/mol. The number of aliphatic hydroxyl groups is 1. The number of aromatic nitrogens is 1. The molecule has 2 saturated heterocycles. The van der Waals surface area contributed by atoms with E-state index >= 15 is 0 Å². The Balaban J connectivity index is 2.05. The zero-order chi connectivity index (χ0) is 14.4. The highest BCUT2D eigenvalue weighted by molar-refractivity contribution is 7.92. The molecule has 0 aliphatic carbocycles. The molecule has 3 rings (SSSR count). The summed E-state index contributed by atoms with van der Waals surface area (Å²) < 4.78 is 24.5. The minimum absolute atomic E-state index is 0.150. The molecule has 2 aliphatic rings. The van der Waals surface area contributed by atoms with E-state index in [1.54, 1.807) is 12.1 Å². The number of fused-ring (bicyclic) bond motifs is 2. The first-order valence-corrected chi connectivity index (χ1v) is 8.39. The van der Waals surface area contributed by atoms with Crippen LogP contribution >= 0.6 is 0 Å². The van der Waals surface area contributed by atoms with Crippen LogP contribution in [0.2, 0.25) is 0 Å². The fraction of sp³-hybridized carbons (Fsp3) is 0.571. The van der Waals surface area contributed by atoms with Crippen molar-refractivity contribution < 1.29 is 13.5 Å². The average Bonchev–Trinajstić information content (AvgIpc) is 2.41. The van der Waals surface area contributed by atoms with Gasteiger partial charge in [0.25, 0.3) is 0 Å². The van der Waals surface area contributed by atoms with Crippen LogP contribution < -0.4 is 0 Å². The molecular formula is C14H16N2O3S. The van der Waals surface area contributed by atoms with E-state index in [4.69, 9.17) is 5.26 Å². The van der Waals surface area contributed by atoms with Crippen LogP contribution in [0.4, 0.5) is 0 Å². The van der Waals surface area contributed by atoms with E-state index in [-0.39, 0.29) is 12.8 Å². The fourth-order valence-electron chi connectivity index (χ4n) is 3.51. The van der Waals surface area contributed by atoms with Crippen molar-refractivity contribution in [2.24, 2.45) is 0 Å². The second kappa shape index (κ2) is 4.54. The fourth-order valence-corrected chi connectivity index (χ4v) is 6.06. The molecule has 106 valence electrons. The summed E-state index contributed by atoms with van der Waals surface area (Å²) >= 11 is 0. The monoisotopic (exact) mass is 292 g/mol. The number of hydrogen-bond acceptors (Lipinski definition) is 5. The molecule has 0 aromatic carbocycles. The first-order chi connectivity index (χ1) is 9.47. The van der Waals surface area contributed by atoms with Gasteiger partial charge in [-0.05, 0) is 37.8 Å². The maximum Gasteiger partial charge on any atom is 0.156 e. The van der Waals surface area contributed by atoms with Crippen LogP contribution in [0.5, 0.6) is 0 Å². The summed E-state index contributed by atoms with van der Waals surface area (Å²) in [4.78, 5) is 4.15. The molecular weight excluding hydrogens is 276 g/mol. The number of nitriles is 1. The van der Waals surface area contributed by atoms with Gasteiger partial charge in [-0.1, -0.05) is 6.42 Å². The van der Waals surface area contributed by atoms with Crippen LogP contribution in [0.1, 0.15) is 43.4 Å². The minimum atomic E-state index is -3.13. The van der Waals surface area contributed by atoms with Gasteiger partial charge in [0.05, 0.1) is 21.8 Å². The molecule has 20 heavy (non-hydrogen) atoms. The molecule has 3 heterocycles. The van der Waals surface area contributed by atoms with Crippen molar-refractivity contribution in [2.75, 3.05) is 0 Å². The van der Waals surface area contributed by atoms with Crippen LogP contribution in [0.3, 0.4) is 0 Å². The van der Waals surface area contributed by atoms with Crippen LogP contribution in [-0.4, -0.2) is 29.0 Å². The molecule has 5 nitrogen and oxygen atoms in total. The molecule has 6 heteroatoms. The zero-order valence-electron chi connectivity index (χ0n) is 11.0. The van der Waals surface area contributed by atoms with Crippen molar-refractivity contribution in [3.63, 3.8) is 0 Å². The van der Waals surface area contributed by atoms with Gasteiger partial charge in [0.1, 0.15) is 11.7 Å². The first kappa shape index (κ1) is 13.5. The lowest BCUT2D eigenvalue weighted by Crippen LogP contribution is -2.50. The van der Waals surface area contributed by atoms with Crippen LogP contribution in [0.25, 0.3) is 0 Å². The predicted octanol–water partition coefficient (Wildman–Crippen LogP) is 1.27. The van der Waals surface area contributed by atoms with Gasteiger partial charge in [0, 0.05) is 6.20 Å². The van der Waals surface area contributed by atoms with Crippen molar-refractivity contribution in [3.05, 3.63) is 29.6 Å². The van der Waals surface area contributed by atoms with Gasteiger partial charge >= 0.3 is 0 Å². The lowest BCUT2D eigenvalue weighted by Gasteiger charge is -2.43. The predicted molar refractivity (Wildman–Crippen MR) is 72.4 cm³/mol. The Bertz CT molecular complexity index is 658. The molecule has 0 spiro atoms. The highest BCUT2D eigenvalue weighted by Gasteiger charge is 2.52. The molecule has 0 saturated carbocycles. The molecule has 2 bridgehead atoms. The molecule has 2 aliphatic heterocycles. The van der Waals surface area contributed by atoms with Gasteiger partial charge in [0.15, 0.2) is 9.84 Å². The number of nitrogens with zero attached hydrogens (tertiary/aromatic N) is 2. The topological polar surface area (TPSA) is 91.0 Å². The van der Waals surface area contributed by atoms with E-state index in [1.807, 2.05) is 6.07 Å². The third kappa shape index (κ3) is 1.93. The zero-order valence-corrected chi connectivity index (χ0v) is 11.8. The lowest BCUT2D eigenvalue weighted by molar-refractivity contribution is 0.000737. The van der Waals surface area contributed by atoms with Crippen LogP contribution in [0, 0.1) is 11.3 Å². The smallest absolute Gasteiger partial charge is 0.156 e. The van der Waals surface area contributed by atoms with E-state index < -0.39 is 25.9 Å². The van der Waals surface area contributed by atoms with Gasteiger partial charge < -0.3 is 5.11 Å². The molecule has 0 radical (unpaired) electrons. The van der Waals surface area contributed by atoms with Crippen molar-refractivity contribution in [3.8, 4) is 6.07 Å². The quantitative estimate of drug-likeness (QED) is 0.841. The van der Waals surface area contributed by atoms with E-state index in [9.17, 15) is 13.5 Å².